The lowest BCUT2D eigenvalue weighted by atomic mass is 9.87. The molecule has 4 rings (SSSR count). The molecule has 2 aliphatic heterocycles. The molecule has 1 atom stereocenters. The van der Waals surface area contributed by atoms with Gasteiger partial charge in [-0.05, 0) is 38.8 Å². The Kier molecular flexibility index (Phi) is 7.74. The maximum Gasteiger partial charge on any atom is 0.193 e. The smallest absolute Gasteiger partial charge is 0.193 e. The molecule has 5 nitrogen and oxygen atoms in total. The van der Waals surface area contributed by atoms with Crippen LogP contribution >= 0.6 is 46.7 Å². The number of hydrogen-bond acceptors (Lipinski definition) is 5. The molecule has 1 unspecified atom stereocenters. The van der Waals surface area contributed by atoms with Gasteiger partial charge in [0.05, 0.1) is 22.2 Å². The van der Waals surface area contributed by atoms with E-state index in [0.717, 1.165) is 62.5 Å². The lowest BCUT2D eigenvalue weighted by molar-refractivity contribution is 0.156. The van der Waals surface area contributed by atoms with Crippen LogP contribution in [0.3, 0.4) is 0 Å². The van der Waals surface area contributed by atoms with Crippen molar-refractivity contribution >= 4 is 52.6 Å². The van der Waals surface area contributed by atoms with Crippen LogP contribution in [0, 0.1) is 12.3 Å². The van der Waals surface area contributed by atoms with Gasteiger partial charge >= 0.3 is 0 Å². The Bertz CT molecular complexity index is 798. The van der Waals surface area contributed by atoms with Crippen LogP contribution in [0.4, 0.5) is 0 Å². The molecule has 2 aliphatic rings. The van der Waals surface area contributed by atoms with Crippen molar-refractivity contribution in [2.75, 3.05) is 39.4 Å². The highest BCUT2D eigenvalue weighted by Gasteiger charge is 2.42. The molecule has 0 amide bonds. The third-order valence-corrected chi connectivity index (χ3v) is 7.35. The average Bonchev–Trinajstić information content (AvgIpc) is 3.44. The Morgan fingerprint density at radius 2 is 2.29 bits per heavy atom. The second-order valence-corrected chi connectivity index (χ2v) is 9.71. The molecule has 0 radical (unpaired) electrons. The van der Waals surface area contributed by atoms with Gasteiger partial charge in [-0.2, -0.15) is 0 Å². The lowest BCUT2D eigenvalue weighted by Gasteiger charge is -2.24. The largest absolute Gasteiger partial charge is 0.381 e. The average molecular weight is 533 g/mol. The Hall–Kier alpha value is -0.710. The summed E-state index contributed by atoms with van der Waals surface area (Å²) in [7, 11) is 0. The van der Waals surface area contributed by atoms with Crippen molar-refractivity contribution in [3.63, 3.8) is 0 Å². The van der Waals surface area contributed by atoms with Crippen LogP contribution in [0.15, 0.2) is 22.5 Å². The molecule has 1 spiro atoms. The van der Waals surface area contributed by atoms with E-state index >= 15 is 0 Å². The van der Waals surface area contributed by atoms with Crippen molar-refractivity contribution in [3.8, 4) is 10.6 Å². The highest BCUT2D eigenvalue weighted by molar-refractivity contribution is 14.0. The number of thiazole rings is 1. The fourth-order valence-electron chi connectivity index (χ4n) is 3.91. The van der Waals surface area contributed by atoms with Crippen molar-refractivity contribution < 1.29 is 4.74 Å². The van der Waals surface area contributed by atoms with Crippen LogP contribution in [0.2, 0.25) is 0 Å². The highest BCUT2D eigenvalue weighted by atomic mass is 127. The van der Waals surface area contributed by atoms with Crippen molar-refractivity contribution in [2.45, 2.75) is 33.1 Å². The summed E-state index contributed by atoms with van der Waals surface area (Å²) < 4.78 is 5.66. The minimum absolute atomic E-state index is 0. The second kappa shape index (κ2) is 9.86. The van der Waals surface area contributed by atoms with Crippen LogP contribution in [0.1, 0.15) is 29.7 Å². The molecule has 28 heavy (non-hydrogen) atoms. The number of hydrogen-bond donors (Lipinski definition) is 1. The van der Waals surface area contributed by atoms with E-state index in [1.54, 1.807) is 11.3 Å². The van der Waals surface area contributed by atoms with Crippen molar-refractivity contribution in [1.29, 1.82) is 0 Å². The number of halogens is 1. The zero-order chi connectivity index (χ0) is 18.7. The Labute approximate surface area is 192 Å². The molecule has 1 N–H and O–H groups in total. The van der Waals surface area contributed by atoms with Gasteiger partial charge in [0.25, 0.3) is 0 Å². The number of rotatable bonds is 5. The van der Waals surface area contributed by atoms with Gasteiger partial charge in [0, 0.05) is 54.9 Å². The number of aryl methyl sites for hydroxylation is 1. The number of likely N-dealkylation sites (tertiary alicyclic amines) is 1. The first kappa shape index (κ1) is 22.0. The molecule has 0 saturated carbocycles. The normalized spacial score (nSPS) is 22.1. The summed E-state index contributed by atoms with van der Waals surface area (Å²) in [6.07, 6.45) is 3.39. The fraction of sp³-hybridized carbons (Fsp3) is 0.600. The molecule has 0 bridgehead atoms. The monoisotopic (exact) mass is 532 g/mol. The summed E-state index contributed by atoms with van der Waals surface area (Å²) in [6, 6.07) is 4.41. The second-order valence-electron chi connectivity index (χ2n) is 7.48. The van der Waals surface area contributed by atoms with E-state index in [9.17, 15) is 0 Å². The predicted molar refractivity (Wildman–Crippen MR) is 129 cm³/mol. The number of aliphatic imine (C=N–C) groups is 1. The molecule has 2 saturated heterocycles. The van der Waals surface area contributed by atoms with Gasteiger partial charge in [-0.25, -0.2) is 4.98 Å². The molecule has 2 aromatic rings. The SMILES string of the molecule is CCNC(=NCCc1ccc(-c2csc(C)n2)s1)N1CCC2(CCOC2)C1.I. The molecule has 0 aromatic carbocycles. The van der Waals surface area contributed by atoms with Crippen LogP contribution in [0.25, 0.3) is 10.6 Å². The Balaban J connectivity index is 0.00000225. The molecule has 2 aromatic heterocycles. The quantitative estimate of drug-likeness (QED) is 0.352. The fourth-order valence-corrected chi connectivity index (χ4v) is 5.56. The van der Waals surface area contributed by atoms with Crippen LogP contribution in [-0.2, 0) is 11.2 Å². The van der Waals surface area contributed by atoms with Gasteiger partial charge in [-0.15, -0.1) is 46.7 Å². The predicted octanol–water partition coefficient (Wildman–Crippen LogP) is 4.42. The molecule has 154 valence electrons. The van der Waals surface area contributed by atoms with Gasteiger partial charge in [-0.1, -0.05) is 0 Å². The van der Waals surface area contributed by atoms with E-state index in [1.165, 1.54) is 22.6 Å². The van der Waals surface area contributed by atoms with Gasteiger partial charge in [0.15, 0.2) is 5.96 Å². The van der Waals surface area contributed by atoms with E-state index < -0.39 is 0 Å². The topological polar surface area (TPSA) is 49.8 Å². The van der Waals surface area contributed by atoms with Crippen LogP contribution in [-0.4, -0.2) is 55.2 Å². The van der Waals surface area contributed by atoms with Crippen molar-refractivity contribution in [3.05, 3.63) is 27.4 Å². The summed E-state index contributed by atoms with van der Waals surface area (Å²) in [5, 5.41) is 6.74. The number of guanidine groups is 1. The van der Waals surface area contributed by atoms with Gasteiger partial charge < -0.3 is 15.0 Å². The van der Waals surface area contributed by atoms with Crippen molar-refractivity contribution in [1.82, 2.24) is 15.2 Å². The number of thiophene rings is 1. The molecule has 8 heteroatoms. The standard InChI is InChI=1S/C20H28N4OS2.HI/c1-3-21-19(24-10-7-20(13-24)8-11-25-14-20)22-9-6-16-4-5-18(27-16)17-12-26-15(2)23-17;/h4-5,12H,3,6-11,13-14H2,1-2H3,(H,21,22);1H. The first-order valence-electron chi connectivity index (χ1n) is 9.80. The van der Waals surface area contributed by atoms with E-state index in [2.05, 4.69) is 46.6 Å². The van der Waals surface area contributed by atoms with E-state index in [4.69, 9.17) is 9.73 Å². The number of nitrogens with zero attached hydrogens (tertiary/aromatic N) is 3. The van der Waals surface area contributed by atoms with Gasteiger partial charge in [0.1, 0.15) is 0 Å². The van der Waals surface area contributed by atoms with Gasteiger partial charge in [-0.3, -0.25) is 4.99 Å². The van der Waals surface area contributed by atoms with E-state index in [1.807, 2.05) is 11.3 Å². The van der Waals surface area contributed by atoms with Crippen LogP contribution < -0.4 is 5.32 Å². The minimum Gasteiger partial charge on any atom is -0.381 e. The third kappa shape index (κ3) is 5.06. The summed E-state index contributed by atoms with van der Waals surface area (Å²) in [4.78, 5) is 14.6. The number of aromatic nitrogens is 1. The summed E-state index contributed by atoms with van der Waals surface area (Å²) >= 11 is 3.54. The molecule has 2 fully saturated rings. The summed E-state index contributed by atoms with van der Waals surface area (Å²) in [5.41, 5.74) is 1.47. The maximum absolute atomic E-state index is 5.66. The molecular formula is C20H29IN4OS2. The highest BCUT2D eigenvalue weighted by Crippen LogP contribution is 2.38. The number of nitrogens with one attached hydrogen (secondary N) is 1. The number of ether oxygens (including phenoxy) is 1. The zero-order valence-corrected chi connectivity index (χ0v) is 20.5. The Morgan fingerprint density at radius 3 is 3.00 bits per heavy atom. The third-order valence-electron chi connectivity index (χ3n) is 5.41. The molecule has 4 heterocycles. The van der Waals surface area contributed by atoms with Crippen molar-refractivity contribution in [2.24, 2.45) is 10.4 Å². The van der Waals surface area contributed by atoms with Crippen LogP contribution in [0.5, 0.6) is 0 Å². The molecule has 0 aliphatic carbocycles. The maximum atomic E-state index is 5.66. The Morgan fingerprint density at radius 1 is 1.39 bits per heavy atom. The van der Waals surface area contributed by atoms with E-state index in [-0.39, 0.29) is 24.0 Å². The van der Waals surface area contributed by atoms with Gasteiger partial charge in [0.2, 0.25) is 0 Å². The summed E-state index contributed by atoms with van der Waals surface area (Å²) in [5.74, 6) is 1.06. The first-order valence-corrected chi connectivity index (χ1v) is 11.5. The van der Waals surface area contributed by atoms with E-state index in [0.29, 0.717) is 5.41 Å². The minimum atomic E-state index is 0. The molecular weight excluding hydrogens is 503 g/mol. The summed E-state index contributed by atoms with van der Waals surface area (Å²) in [6.45, 7) is 9.91. The zero-order valence-electron chi connectivity index (χ0n) is 16.6. The first-order chi connectivity index (χ1) is 13.2. The lowest BCUT2D eigenvalue weighted by Crippen LogP contribution is -2.41.